The maximum Gasteiger partial charge on any atom is 0.227 e. The number of piperidine rings is 1. The average molecular weight is 344 g/mol. The minimum atomic E-state index is -0.667. The Labute approximate surface area is 148 Å². The fourth-order valence-corrected chi connectivity index (χ4v) is 4.12. The van der Waals surface area contributed by atoms with E-state index in [1.807, 2.05) is 31.2 Å². The summed E-state index contributed by atoms with van der Waals surface area (Å²) in [4.78, 5) is 17.9. The Morgan fingerprint density at radius 2 is 2.16 bits per heavy atom. The number of fused-ring (bicyclic) bond motifs is 1. The Kier molecular flexibility index (Phi) is 5.16. The number of aliphatic hydroxyl groups is 2. The minimum Gasteiger partial charge on any atom is -0.396 e. The number of β-amino-alcohol motifs (C(OH)–C–C–N with tert-alkyl or cyclic N) is 1. The van der Waals surface area contributed by atoms with Gasteiger partial charge in [-0.25, -0.2) is 0 Å². The summed E-state index contributed by atoms with van der Waals surface area (Å²) in [6.45, 7) is 4.93. The third kappa shape index (κ3) is 3.31. The summed E-state index contributed by atoms with van der Waals surface area (Å²) in [5, 5.41) is 21.4. The molecule has 0 radical (unpaired) electrons. The van der Waals surface area contributed by atoms with Crippen molar-refractivity contribution in [3.8, 4) is 0 Å². The number of nitrogens with one attached hydrogen (secondary N) is 1. The molecule has 1 amide bonds. The lowest BCUT2D eigenvalue weighted by atomic mass is 9.73. The molecule has 1 fully saturated rings. The molecule has 0 unspecified atom stereocenters. The minimum absolute atomic E-state index is 0.0222. The van der Waals surface area contributed by atoms with E-state index in [0.717, 1.165) is 35.0 Å². The second-order valence-corrected chi connectivity index (χ2v) is 7.33. The van der Waals surface area contributed by atoms with Gasteiger partial charge >= 0.3 is 0 Å². The Hall–Kier alpha value is -1.85. The largest absolute Gasteiger partial charge is 0.396 e. The molecule has 5 nitrogen and oxygen atoms in total. The van der Waals surface area contributed by atoms with E-state index in [9.17, 15) is 15.0 Å². The van der Waals surface area contributed by atoms with Gasteiger partial charge in [0.05, 0.1) is 19.1 Å². The summed E-state index contributed by atoms with van der Waals surface area (Å²) < 4.78 is 0. The van der Waals surface area contributed by atoms with Crippen molar-refractivity contribution in [3.63, 3.8) is 0 Å². The number of nitrogens with zero attached hydrogens (tertiary/aromatic N) is 1. The van der Waals surface area contributed by atoms with Crippen LogP contribution < -0.4 is 0 Å². The number of carbonyl (C=O) groups is 1. The number of rotatable bonds is 5. The number of likely N-dealkylation sites (tertiary alicyclic amines) is 1. The number of carbonyl (C=O) groups excluding carboxylic acids is 1. The lowest BCUT2D eigenvalue weighted by Gasteiger charge is -2.44. The number of aryl methyl sites for hydroxylation is 1. The molecular weight excluding hydrogens is 316 g/mol. The molecule has 2 aromatic rings. The van der Waals surface area contributed by atoms with Gasteiger partial charge in [0, 0.05) is 35.1 Å². The van der Waals surface area contributed by atoms with E-state index in [0.29, 0.717) is 25.9 Å². The number of aromatic nitrogens is 1. The number of hydrogen-bond donors (Lipinski definition) is 3. The van der Waals surface area contributed by atoms with Crippen LogP contribution in [0.3, 0.4) is 0 Å². The third-order valence-electron chi connectivity index (χ3n) is 5.75. The number of amides is 1. The smallest absolute Gasteiger partial charge is 0.227 e. The summed E-state index contributed by atoms with van der Waals surface area (Å²) in [6.07, 6.45) is 2.02. The number of benzene rings is 1. The molecule has 0 bridgehead atoms. The maximum atomic E-state index is 12.8. The van der Waals surface area contributed by atoms with E-state index in [4.69, 9.17) is 0 Å². The van der Waals surface area contributed by atoms with Gasteiger partial charge < -0.3 is 20.1 Å². The molecule has 1 saturated heterocycles. The first-order chi connectivity index (χ1) is 12.0. The van der Waals surface area contributed by atoms with E-state index in [-0.39, 0.29) is 12.5 Å². The first kappa shape index (κ1) is 18.0. The van der Waals surface area contributed by atoms with Crippen molar-refractivity contribution in [2.24, 2.45) is 5.41 Å². The molecule has 2 atom stereocenters. The zero-order valence-electron chi connectivity index (χ0n) is 15.1. The van der Waals surface area contributed by atoms with Crippen LogP contribution in [-0.2, 0) is 11.2 Å². The van der Waals surface area contributed by atoms with Crippen molar-refractivity contribution in [1.29, 1.82) is 0 Å². The molecule has 1 aliphatic rings. The predicted molar refractivity (Wildman–Crippen MR) is 98.4 cm³/mol. The van der Waals surface area contributed by atoms with Gasteiger partial charge in [-0.05, 0) is 31.4 Å². The van der Waals surface area contributed by atoms with Gasteiger partial charge in [0.25, 0.3) is 0 Å². The molecule has 3 rings (SSSR count). The molecule has 0 aliphatic carbocycles. The number of aromatic amines is 1. The molecule has 0 spiro atoms. The summed E-state index contributed by atoms with van der Waals surface area (Å²) >= 11 is 0. The summed E-state index contributed by atoms with van der Waals surface area (Å²) in [5.41, 5.74) is 2.64. The monoisotopic (exact) mass is 344 g/mol. The number of H-pyrrole nitrogens is 1. The van der Waals surface area contributed by atoms with Crippen molar-refractivity contribution in [2.75, 3.05) is 19.7 Å². The average Bonchev–Trinajstić information content (AvgIpc) is 2.92. The highest BCUT2D eigenvalue weighted by Crippen LogP contribution is 2.36. The SMILES string of the molecule is CCC[C@]1(CO)CCN(C(=O)Cc2c(C)[nH]c3ccccc23)C[C@H]1O. The van der Waals surface area contributed by atoms with Crippen LogP contribution in [0.4, 0.5) is 0 Å². The molecule has 136 valence electrons. The fraction of sp³-hybridized carbons (Fsp3) is 0.550. The predicted octanol–water partition coefficient (Wildman–Crippen LogP) is 2.39. The lowest BCUT2D eigenvalue weighted by Crippen LogP contribution is -2.54. The topological polar surface area (TPSA) is 76.6 Å². The summed E-state index contributed by atoms with van der Waals surface area (Å²) in [5.74, 6) is 0.0370. The molecule has 2 heterocycles. The lowest BCUT2D eigenvalue weighted by molar-refractivity contribution is -0.141. The van der Waals surface area contributed by atoms with Crippen molar-refractivity contribution < 1.29 is 15.0 Å². The van der Waals surface area contributed by atoms with Crippen LogP contribution in [0.5, 0.6) is 0 Å². The van der Waals surface area contributed by atoms with E-state index >= 15 is 0 Å². The molecule has 0 saturated carbocycles. The van der Waals surface area contributed by atoms with Crippen molar-refractivity contribution in [3.05, 3.63) is 35.5 Å². The van der Waals surface area contributed by atoms with Crippen LogP contribution in [0.25, 0.3) is 10.9 Å². The van der Waals surface area contributed by atoms with Crippen LogP contribution in [0, 0.1) is 12.3 Å². The van der Waals surface area contributed by atoms with Crippen molar-refractivity contribution >= 4 is 16.8 Å². The Balaban J connectivity index is 1.73. The number of hydrogen-bond acceptors (Lipinski definition) is 3. The molecule has 3 N–H and O–H groups in total. The van der Waals surface area contributed by atoms with E-state index in [1.165, 1.54) is 0 Å². The first-order valence-electron chi connectivity index (χ1n) is 9.13. The normalized spacial score (nSPS) is 24.0. The van der Waals surface area contributed by atoms with Crippen molar-refractivity contribution in [1.82, 2.24) is 9.88 Å². The maximum absolute atomic E-state index is 12.8. The third-order valence-corrected chi connectivity index (χ3v) is 5.75. The zero-order valence-corrected chi connectivity index (χ0v) is 15.1. The number of aliphatic hydroxyl groups excluding tert-OH is 2. The summed E-state index contributed by atoms with van der Waals surface area (Å²) in [7, 11) is 0. The Bertz CT molecular complexity index is 754. The zero-order chi connectivity index (χ0) is 18.0. The molecular formula is C20H28N2O3. The fourth-order valence-electron chi connectivity index (χ4n) is 4.12. The number of para-hydroxylation sites is 1. The van der Waals surface area contributed by atoms with E-state index in [1.54, 1.807) is 4.90 Å². The molecule has 25 heavy (non-hydrogen) atoms. The van der Waals surface area contributed by atoms with Gasteiger partial charge in [0.1, 0.15) is 0 Å². The Morgan fingerprint density at radius 3 is 2.84 bits per heavy atom. The van der Waals surface area contributed by atoms with E-state index < -0.39 is 11.5 Å². The van der Waals surface area contributed by atoms with Gasteiger partial charge in [-0.15, -0.1) is 0 Å². The highest BCUT2D eigenvalue weighted by molar-refractivity contribution is 5.90. The molecule has 1 aromatic carbocycles. The van der Waals surface area contributed by atoms with Crippen LogP contribution in [0.2, 0.25) is 0 Å². The van der Waals surface area contributed by atoms with Gasteiger partial charge in [0.2, 0.25) is 5.91 Å². The first-order valence-corrected chi connectivity index (χ1v) is 9.13. The van der Waals surface area contributed by atoms with Crippen LogP contribution >= 0.6 is 0 Å². The van der Waals surface area contributed by atoms with Gasteiger partial charge in [0.15, 0.2) is 0 Å². The van der Waals surface area contributed by atoms with Gasteiger partial charge in [-0.2, -0.15) is 0 Å². The molecule has 1 aromatic heterocycles. The molecule has 1 aliphatic heterocycles. The summed E-state index contributed by atoms with van der Waals surface area (Å²) in [6, 6.07) is 8.01. The van der Waals surface area contributed by atoms with Crippen LogP contribution in [-0.4, -0.2) is 51.8 Å². The highest BCUT2D eigenvalue weighted by Gasteiger charge is 2.42. The van der Waals surface area contributed by atoms with Gasteiger partial charge in [-0.3, -0.25) is 4.79 Å². The van der Waals surface area contributed by atoms with Crippen LogP contribution in [0.15, 0.2) is 24.3 Å². The highest BCUT2D eigenvalue weighted by atomic mass is 16.3. The Morgan fingerprint density at radius 1 is 1.40 bits per heavy atom. The molecule has 5 heteroatoms. The van der Waals surface area contributed by atoms with Crippen molar-refractivity contribution in [2.45, 2.75) is 45.6 Å². The quantitative estimate of drug-likeness (QED) is 0.779. The second kappa shape index (κ2) is 7.18. The van der Waals surface area contributed by atoms with Gasteiger partial charge in [-0.1, -0.05) is 31.5 Å². The standard InChI is InChI=1S/C20H28N2O3/c1-3-8-20(13-23)9-10-22(12-18(20)24)19(25)11-16-14(2)21-17-7-5-4-6-15(16)17/h4-7,18,21,23-24H,3,8-13H2,1-2H3/t18-,20-/m1/s1. The van der Waals surface area contributed by atoms with Crippen LogP contribution in [0.1, 0.15) is 37.4 Å². The van der Waals surface area contributed by atoms with E-state index in [2.05, 4.69) is 11.9 Å². The second-order valence-electron chi connectivity index (χ2n) is 7.33.